The lowest BCUT2D eigenvalue weighted by Crippen LogP contribution is -2.39. The third kappa shape index (κ3) is 6.28. The van der Waals surface area contributed by atoms with Crippen molar-refractivity contribution < 1.29 is 27.9 Å². The van der Waals surface area contributed by atoms with Crippen LogP contribution in [0.3, 0.4) is 0 Å². The number of anilines is 2. The lowest BCUT2D eigenvalue weighted by atomic mass is 10.1. The summed E-state index contributed by atoms with van der Waals surface area (Å²) in [5.41, 5.74) is 4.57. The minimum absolute atomic E-state index is 0.184. The van der Waals surface area contributed by atoms with E-state index in [9.17, 15) is 18.0 Å². The summed E-state index contributed by atoms with van der Waals surface area (Å²) in [6.07, 6.45) is -1.18. The molecule has 8 nitrogen and oxygen atoms in total. The number of aromatic nitrogens is 2. The minimum Gasteiger partial charge on any atom is -0.475 e. The van der Waals surface area contributed by atoms with Crippen molar-refractivity contribution in [1.29, 1.82) is 0 Å². The zero-order valence-electron chi connectivity index (χ0n) is 19.4. The molecule has 0 bridgehead atoms. The number of alkyl halides is 3. The van der Waals surface area contributed by atoms with Gasteiger partial charge in [-0.05, 0) is 76.4 Å². The van der Waals surface area contributed by atoms with E-state index in [4.69, 9.17) is 9.90 Å². The summed E-state index contributed by atoms with van der Waals surface area (Å²) in [6.45, 7) is 9.82. The van der Waals surface area contributed by atoms with Crippen LogP contribution in [-0.2, 0) is 4.79 Å². The molecule has 4 rings (SSSR count). The van der Waals surface area contributed by atoms with Crippen LogP contribution in [0.5, 0.6) is 0 Å². The molecule has 1 aromatic carbocycles. The van der Waals surface area contributed by atoms with Crippen molar-refractivity contribution in [2.75, 3.05) is 29.9 Å². The number of carbonyl (C=O) groups excluding carboxylic acids is 1. The highest BCUT2D eigenvalue weighted by Gasteiger charge is 2.38. The number of aryl methyl sites for hydroxylation is 2. The summed E-state index contributed by atoms with van der Waals surface area (Å²) in [5, 5.41) is 16.9. The SMILES string of the molecule is Cc1cc(C(=O)Nc2ccc(N3CCC(N4CCCC4C)C3)c(C)c2)n[nH]1.O=C(O)C(F)(F)F. The smallest absolute Gasteiger partial charge is 0.475 e. The first-order valence-electron chi connectivity index (χ1n) is 11.2. The average Bonchev–Trinajstić information content (AvgIpc) is 3.49. The standard InChI is InChI=1S/C21H29N5O.C2HF3O2/c1-14-11-17(22-21(27)19-12-15(2)23-24-19)6-7-20(14)25-10-8-18(13-25)26-9-4-5-16(26)3;3-2(4,5)1(6)7/h6-7,11-12,16,18H,4-5,8-10,13H2,1-3H3,(H,22,27)(H,23,24);(H,6,7). The molecule has 34 heavy (non-hydrogen) atoms. The van der Waals surface area contributed by atoms with Crippen LogP contribution in [0.1, 0.15) is 47.9 Å². The lowest BCUT2D eigenvalue weighted by molar-refractivity contribution is -0.192. The highest BCUT2D eigenvalue weighted by molar-refractivity contribution is 6.03. The van der Waals surface area contributed by atoms with Gasteiger partial charge >= 0.3 is 12.1 Å². The van der Waals surface area contributed by atoms with E-state index in [-0.39, 0.29) is 5.91 Å². The Morgan fingerprint density at radius 3 is 2.41 bits per heavy atom. The number of hydrogen-bond acceptors (Lipinski definition) is 5. The predicted molar refractivity (Wildman–Crippen MR) is 122 cm³/mol. The van der Waals surface area contributed by atoms with E-state index in [0.29, 0.717) is 11.7 Å². The van der Waals surface area contributed by atoms with Crippen molar-refractivity contribution >= 4 is 23.3 Å². The van der Waals surface area contributed by atoms with Gasteiger partial charge in [0.05, 0.1) is 0 Å². The van der Waals surface area contributed by atoms with Crippen molar-refractivity contribution in [3.05, 3.63) is 41.2 Å². The van der Waals surface area contributed by atoms with Crippen LogP contribution in [0.25, 0.3) is 0 Å². The normalized spacial score (nSPS) is 20.7. The van der Waals surface area contributed by atoms with E-state index < -0.39 is 12.1 Å². The van der Waals surface area contributed by atoms with Crippen LogP contribution in [-0.4, -0.2) is 70.0 Å². The van der Waals surface area contributed by atoms with E-state index in [1.807, 2.05) is 13.0 Å². The van der Waals surface area contributed by atoms with E-state index in [2.05, 4.69) is 51.3 Å². The fourth-order valence-corrected chi connectivity index (χ4v) is 4.55. The van der Waals surface area contributed by atoms with Crippen molar-refractivity contribution in [3.8, 4) is 0 Å². The number of aliphatic carboxylic acids is 1. The first kappa shape index (κ1) is 25.5. The number of likely N-dealkylation sites (tertiary alicyclic amines) is 1. The van der Waals surface area contributed by atoms with Gasteiger partial charge in [-0.15, -0.1) is 0 Å². The summed E-state index contributed by atoms with van der Waals surface area (Å²) in [4.78, 5) is 26.4. The van der Waals surface area contributed by atoms with Gasteiger partial charge in [-0.25, -0.2) is 4.79 Å². The second kappa shape index (κ2) is 10.5. The quantitative estimate of drug-likeness (QED) is 0.611. The Kier molecular flexibility index (Phi) is 7.86. The molecule has 2 saturated heterocycles. The number of H-pyrrole nitrogens is 1. The Bertz CT molecular complexity index is 1020. The number of rotatable bonds is 4. The van der Waals surface area contributed by atoms with Gasteiger partial charge < -0.3 is 15.3 Å². The van der Waals surface area contributed by atoms with Gasteiger partial charge in [0.15, 0.2) is 5.69 Å². The molecule has 3 N–H and O–H groups in total. The Morgan fingerprint density at radius 1 is 1.18 bits per heavy atom. The number of hydrogen-bond donors (Lipinski definition) is 3. The van der Waals surface area contributed by atoms with Gasteiger partial charge in [0.25, 0.3) is 5.91 Å². The molecule has 1 amide bonds. The molecule has 11 heteroatoms. The van der Waals surface area contributed by atoms with Gasteiger partial charge in [-0.2, -0.15) is 18.3 Å². The largest absolute Gasteiger partial charge is 0.490 e. The highest BCUT2D eigenvalue weighted by Crippen LogP contribution is 2.31. The molecule has 0 spiro atoms. The third-order valence-electron chi connectivity index (χ3n) is 6.21. The first-order valence-corrected chi connectivity index (χ1v) is 11.2. The Labute approximate surface area is 196 Å². The summed E-state index contributed by atoms with van der Waals surface area (Å²) < 4.78 is 31.7. The topological polar surface area (TPSA) is 102 Å². The molecule has 0 aliphatic carbocycles. The van der Waals surface area contributed by atoms with Crippen LogP contribution >= 0.6 is 0 Å². The van der Waals surface area contributed by atoms with Crippen molar-refractivity contribution in [3.63, 3.8) is 0 Å². The Hall–Kier alpha value is -3.08. The number of nitrogens with one attached hydrogen (secondary N) is 2. The van der Waals surface area contributed by atoms with E-state index >= 15 is 0 Å². The maximum atomic E-state index is 12.3. The van der Waals surface area contributed by atoms with E-state index in [1.54, 1.807) is 6.07 Å². The van der Waals surface area contributed by atoms with Crippen LogP contribution in [0.2, 0.25) is 0 Å². The van der Waals surface area contributed by atoms with Crippen molar-refractivity contribution in [2.24, 2.45) is 0 Å². The molecule has 0 saturated carbocycles. The Balaban J connectivity index is 0.000000406. The zero-order valence-corrected chi connectivity index (χ0v) is 19.4. The summed E-state index contributed by atoms with van der Waals surface area (Å²) in [6, 6.07) is 9.32. The number of carboxylic acid groups (broad SMARTS) is 1. The van der Waals surface area contributed by atoms with Gasteiger partial charge in [0.2, 0.25) is 0 Å². The molecule has 186 valence electrons. The number of amides is 1. The second-order valence-corrected chi connectivity index (χ2v) is 8.81. The number of nitrogens with zero attached hydrogens (tertiary/aromatic N) is 3. The van der Waals surface area contributed by atoms with Gasteiger partial charge in [-0.3, -0.25) is 14.8 Å². The van der Waals surface area contributed by atoms with E-state index in [0.717, 1.165) is 30.5 Å². The fourth-order valence-electron chi connectivity index (χ4n) is 4.55. The van der Waals surface area contributed by atoms with Crippen LogP contribution in [0.15, 0.2) is 24.3 Å². The molecule has 2 aliphatic rings. The molecular formula is C23H30F3N5O3. The number of carbonyl (C=O) groups is 2. The average molecular weight is 482 g/mol. The number of carboxylic acids is 1. The molecule has 1 aromatic heterocycles. The Morgan fingerprint density at radius 2 is 1.88 bits per heavy atom. The number of benzene rings is 1. The number of halogens is 3. The van der Waals surface area contributed by atoms with Crippen LogP contribution in [0, 0.1) is 13.8 Å². The molecule has 3 heterocycles. The summed E-state index contributed by atoms with van der Waals surface area (Å²) >= 11 is 0. The first-order chi connectivity index (χ1) is 16.0. The molecule has 0 radical (unpaired) electrons. The third-order valence-corrected chi connectivity index (χ3v) is 6.21. The van der Waals surface area contributed by atoms with Crippen molar-refractivity contribution in [1.82, 2.24) is 15.1 Å². The van der Waals surface area contributed by atoms with Gasteiger partial charge in [-0.1, -0.05) is 0 Å². The molecule has 2 atom stereocenters. The molecular weight excluding hydrogens is 451 g/mol. The maximum absolute atomic E-state index is 12.3. The highest BCUT2D eigenvalue weighted by atomic mass is 19.4. The van der Waals surface area contributed by atoms with Crippen LogP contribution < -0.4 is 10.2 Å². The summed E-state index contributed by atoms with van der Waals surface area (Å²) in [7, 11) is 0. The summed E-state index contributed by atoms with van der Waals surface area (Å²) in [5.74, 6) is -2.94. The van der Waals surface area contributed by atoms with Gasteiger partial charge in [0.1, 0.15) is 0 Å². The molecule has 2 aromatic rings. The van der Waals surface area contributed by atoms with E-state index in [1.165, 1.54) is 37.1 Å². The predicted octanol–water partition coefficient (Wildman–Crippen LogP) is 3.98. The maximum Gasteiger partial charge on any atom is 0.490 e. The van der Waals surface area contributed by atoms with Crippen LogP contribution in [0.4, 0.5) is 24.5 Å². The van der Waals surface area contributed by atoms with Gasteiger partial charge in [0, 0.05) is 42.2 Å². The molecule has 2 unspecified atom stereocenters. The van der Waals surface area contributed by atoms with Crippen molar-refractivity contribution in [2.45, 2.75) is 58.3 Å². The zero-order chi connectivity index (χ0) is 25.0. The second-order valence-electron chi connectivity index (χ2n) is 8.81. The lowest BCUT2D eigenvalue weighted by Gasteiger charge is -2.29. The molecule has 2 fully saturated rings. The molecule has 2 aliphatic heterocycles. The number of aromatic amines is 1. The minimum atomic E-state index is -5.08. The monoisotopic (exact) mass is 481 g/mol. The fraction of sp³-hybridized carbons (Fsp3) is 0.522.